The monoisotopic (exact) mass is 352 g/mol. The van der Waals surface area contributed by atoms with E-state index in [9.17, 15) is 13.2 Å². The molecule has 0 aliphatic carbocycles. The maximum absolute atomic E-state index is 12.6. The van der Waals surface area contributed by atoms with Crippen LogP contribution in [0.4, 0.5) is 0 Å². The molecule has 0 aromatic heterocycles. The van der Waals surface area contributed by atoms with Gasteiger partial charge in [0.1, 0.15) is 0 Å². The van der Waals surface area contributed by atoms with Crippen LogP contribution in [0, 0.1) is 11.8 Å². The molecule has 1 aliphatic rings. The van der Waals surface area contributed by atoms with Gasteiger partial charge in [0, 0.05) is 26.1 Å². The number of carbonyl (C=O) groups excluding carboxylic acids is 1. The van der Waals surface area contributed by atoms with Gasteiger partial charge in [0.2, 0.25) is 15.9 Å². The number of hydrogen-bond donors (Lipinski definition) is 1. The van der Waals surface area contributed by atoms with Crippen LogP contribution in [0.15, 0.2) is 35.2 Å². The second-order valence-corrected chi connectivity index (χ2v) is 8.84. The summed E-state index contributed by atoms with van der Waals surface area (Å²) in [7, 11) is -3.39. The highest BCUT2D eigenvalue weighted by atomic mass is 32.2. The third-order valence-electron chi connectivity index (χ3n) is 4.49. The molecule has 1 aromatic carbocycles. The van der Waals surface area contributed by atoms with E-state index < -0.39 is 10.0 Å². The number of nitrogens with one attached hydrogen (secondary N) is 1. The summed E-state index contributed by atoms with van der Waals surface area (Å²) in [6.45, 7) is 5.90. The lowest BCUT2D eigenvalue weighted by atomic mass is 9.98. The van der Waals surface area contributed by atoms with Crippen molar-refractivity contribution in [3.05, 3.63) is 30.3 Å². The van der Waals surface area contributed by atoms with Gasteiger partial charge in [-0.25, -0.2) is 8.42 Å². The van der Waals surface area contributed by atoms with Crippen LogP contribution in [0.5, 0.6) is 0 Å². The molecule has 1 saturated heterocycles. The third kappa shape index (κ3) is 5.31. The summed E-state index contributed by atoms with van der Waals surface area (Å²) < 4.78 is 26.7. The number of carbonyl (C=O) groups is 1. The first kappa shape index (κ1) is 18.9. The summed E-state index contributed by atoms with van der Waals surface area (Å²) in [6, 6.07) is 8.57. The number of piperidine rings is 1. The van der Waals surface area contributed by atoms with Gasteiger partial charge in [-0.1, -0.05) is 32.0 Å². The number of rotatable bonds is 7. The molecule has 0 atom stereocenters. The Labute approximate surface area is 145 Å². The Hall–Kier alpha value is -1.40. The van der Waals surface area contributed by atoms with Crippen molar-refractivity contribution in [3.63, 3.8) is 0 Å². The fourth-order valence-corrected chi connectivity index (χ4v) is 4.35. The molecule has 1 fully saturated rings. The van der Waals surface area contributed by atoms with E-state index in [0.29, 0.717) is 42.8 Å². The number of benzene rings is 1. The van der Waals surface area contributed by atoms with Crippen molar-refractivity contribution >= 4 is 15.9 Å². The minimum atomic E-state index is -3.39. The van der Waals surface area contributed by atoms with Crippen molar-refractivity contribution in [3.8, 4) is 0 Å². The molecule has 1 aliphatic heterocycles. The maximum atomic E-state index is 12.6. The number of nitrogens with zero attached hydrogens (tertiary/aromatic N) is 1. The zero-order valence-electron chi connectivity index (χ0n) is 14.6. The van der Waals surface area contributed by atoms with Crippen LogP contribution >= 0.6 is 0 Å². The minimum Gasteiger partial charge on any atom is -0.356 e. The molecule has 0 spiro atoms. The van der Waals surface area contributed by atoms with E-state index >= 15 is 0 Å². The van der Waals surface area contributed by atoms with E-state index in [0.717, 1.165) is 19.3 Å². The van der Waals surface area contributed by atoms with Gasteiger partial charge in [-0.15, -0.1) is 0 Å². The first-order valence-electron chi connectivity index (χ1n) is 8.71. The van der Waals surface area contributed by atoms with Gasteiger partial charge >= 0.3 is 0 Å². The van der Waals surface area contributed by atoms with Crippen molar-refractivity contribution in [2.45, 2.75) is 44.4 Å². The van der Waals surface area contributed by atoms with Crippen LogP contribution < -0.4 is 5.32 Å². The van der Waals surface area contributed by atoms with Crippen molar-refractivity contribution < 1.29 is 13.2 Å². The van der Waals surface area contributed by atoms with E-state index in [1.54, 1.807) is 28.6 Å². The molecule has 6 heteroatoms. The zero-order valence-corrected chi connectivity index (χ0v) is 15.4. The number of amides is 1. The van der Waals surface area contributed by atoms with E-state index in [1.165, 1.54) is 0 Å². The molecule has 134 valence electrons. The van der Waals surface area contributed by atoms with Crippen LogP contribution in [0.3, 0.4) is 0 Å². The van der Waals surface area contributed by atoms with E-state index in [-0.39, 0.29) is 5.91 Å². The molecule has 5 nitrogen and oxygen atoms in total. The molecule has 2 rings (SSSR count). The molecular weight excluding hydrogens is 324 g/mol. The molecular formula is C18H28N2O3S. The molecule has 1 heterocycles. The quantitative estimate of drug-likeness (QED) is 0.820. The molecule has 0 bridgehead atoms. The van der Waals surface area contributed by atoms with Gasteiger partial charge in [0.25, 0.3) is 0 Å². The van der Waals surface area contributed by atoms with Crippen LogP contribution in [-0.4, -0.2) is 38.3 Å². The molecule has 1 aromatic rings. The Bertz CT molecular complexity index is 621. The average Bonchev–Trinajstić information content (AvgIpc) is 2.59. The van der Waals surface area contributed by atoms with E-state index in [1.807, 2.05) is 6.07 Å². The van der Waals surface area contributed by atoms with Gasteiger partial charge in [-0.3, -0.25) is 4.79 Å². The predicted octanol–water partition coefficient (Wildman–Crippen LogP) is 2.64. The summed E-state index contributed by atoms with van der Waals surface area (Å²) in [6.07, 6.45) is 3.05. The molecule has 0 unspecified atom stereocenters. The van der Waals surface area contributed by atoms with E-state index in [2.05, 4.69) is 19.2 Å². The lowest BCUT2D eigenvalue weighted by Gasteiger charge is -2.31. The van der Waals surface area contributed by atoms with Gasteiger partial charge in [-0.05, 0) is 43.2 Å². The number of sulfonamides is 1. The van der Waals surface area contributed by atoms with Crippen molar-refractivity contribution in [1.82, 2.24) is 9.62 Å². The first-order valence-corrected chi connectivity index (χ1v) is 10.2. The standard InChI is InChI=1S/C18H28N2O3S/c1-15(2)8-9-18(21)19-14-16-10-12-20(13-11-16)24(22,23)17-6-4-3-5-7-17/h3-7,15-16H,8-14H2,1-2H3,(H,19,21). The second-order valence-electron chi connectivity index (χ2n) is 6.90. The smallest absolute Gasteiger partial charge is 0.243 e. The van der Waals surface area contributed by atoms with Crippen LogP contribution in [-0.2, 0) is 14.8 Å². The Morgan fingerprint density at radius 2 is 1.83 bits per heavy atom. The highest BCUT2D eigenvalue weighted by Gasteiger charge is 2.29. The Balaban J connectivity index is 1.78. The minimum absolute atomic E-state index is 0.100. The van der Waals surface area contributed by atoms with Crippen molar-refractivity contribution in [2.24, 2.45) is 11.8 Å². The Morgan fingerprint density at radius 3 is 2.42 bits per heavy atom. The van der Waals surface area contributed by atoms with Gasteiger partial charge in [0.15, 0.2) is 0 Å². The summed E-state index contributed by atoms with van der Waals surface area (Å²) >= 11 is 0. The SMILES string of the molecule is CC(C)CCC(=O)NCC1CCN(S(=O)(=O)c2ccccc2)CC1. The van der Waals surface area contributed by atoms with Gasteiger partial charge in [-0.2, -0.15) is 4.31 Å². The first-order chi connectivity index (χ1) is 11.4. The zero-order chi connectivity index (χ0) is 17.6. The van der Waals surface area contributed by atoms with Crippen LogP contribution in [0.25, 0.3) is 0 Å². The normalized spacial score (nSPS) is 17.1. The Morgan fingerprint density at radius 1 is 1.21 bits per heavy atom. The van der Waals surface area contributed by atoms with Gasteiger partial charge in [0.05, 0.1) is 4.90 Å². The highest BCUT2D eigenvalue weighted by molar-refractivity contribution is 7.89. The van der Waals surface area contributed by atoms with Crippen molar-refractivity contribution in [2.75, 3.05) is 19.6 Å². The highest BCUT2D eigenvalue weighted by Crippen LogP contribution is 2.23. The predicted molar refractivity (Wildman–Crippen MR) is 95.0 cm³/mol. The molecule has 0 radical (unpaired) electrons. The largest absolute Gasteiger partial charge is 0.356 e. The molecule has 0 saturated carbocycles. The van der Waals surface area contributed by atoms with Gasteiger partial charge < -0.3 is 5.32 Å². The summed E-state index contributed by atoms with van der Waals surface area (Å²) in [5, 5.41) is 2.99. The van der Waals surface area contributed by atoms with Crippen LogP contribution in [0.2, 0.25) is 0 Å². The molecule has 1 amide bonds. The molecule has 1 N–H and O–H groups in total. The Kier molecular flexibility index (Phi) is 6.80. The average molecular weight is 353 g/mol. The topological polar surface area (TPSA) is 66.5 Å². The third-order valence-corrected chi connectivity index (χ3v) is 6.40. The summed E-state index contributed by atoms with van der Waals surface area (Å²) in [5.41, 5.74) is 0. The van der Waals surface area contributed by atoms with Crippen molar-refractivity contribution in [1.29, 1.82) is 0 Å². The fraction of sp³-hybridized carbons (Fsp3) is 0.611. The fourth-order valence-electron chi connectivity index (χ4n) is 2.86. The van der Waals surface area contributed by atoms with Crippen LogP contribution in [0.1, 0.15) is 39.5 Å². The maximum Gasteiger partial charge on any atom is 0.243 e. The number of hydrogen-bond acceptors (Lipinski definition) is 3. The van der Waals surface area contributed by atoms with E-state index in [4.69, 9.17) is 0 Å². The summed E-state index contributed by atoms with van der Waals surface area (Å²) in [4.78, 5) is 12.1. The lowest BCUT2D eigenvalue weighted by molar-refractivity contribution is -0.121. The lowest BCUT2D eigenvalue weighted by Crippen LogP contribution is -2.41. The second kappa shape index (κ2) is 8.62. The summed E-state index contributed by atoms with van der Waals surface area (Å²) in [5.74, 6) is 0.987. The molecule has 24 heavy (non-hydrogen) atoms.